The van der Waals surface area contributed by atoms with Gasteiger partial charge in [-0.15, -0.1) is 0 Å². The number of fused-ring (bicyclic) bond motifs is 2. The van der Waals surface area contributed by atoms with Gasteiger partial charge in [-0.1, -0.05) is 61.5 Å². The molecule has 32 heavy (non-hydrogen) atoms. The quantitative estimate of drug-likeness (QED) is 0.300. The molecule has 158 valence electrons. The average molecular weight is 420 g/mol. The molecule has 0 aliphatic heterocycles. The van der Waals surface area contributed by atoms with Crippen molar-refractivity contribution in [3.05, 3.63) is 95.4 Å². The zero-order valence-electron chi connectivity index (χ0n) is 18.4. The fourth-order valence-electron chi connectivity index (χ4n) is 4.48. The van der Waals surface area contributed by atoms with Gasteiger partial charge in [0.2, 0.25) is 0 Å². The second-order valence-corrected chi connectivity index (χ2v) is 8.17. The largest absolute Gasteiger partial charge is 0.323 e. The Kier molecular flexibility index (Phi) is 5.28. The van der Waals surface area contributed by atoms with Gasteiger partial charge in [0.15, 0.2) is 6.29 Å². The standard InChI is InChI=1S/C28H25N3O/c1-3-8-27-30-25-11-6-7-12-26(25)31(27)17-20-13-15-21(16-14-20)28-22-9-4-5-10-24(22)29-19(2)23(28)18-32/h4-7,9-16,18H,3,8,17H2,1-2H3. The van der Waals surface area contributed by atoms with E-state index in [0.29, 0.717) is 5.56 Å². The lowest BCUT2D eigenvalue weighted by Gasteiger charge is -2.13. The second kappa shape index (κ2) is 8.39. The van der Waals surface area contributed by atoms with Crippen LogP contribution in [-0.4, -0.2) is 20.8 Å². The van der Waals surface area contributed by atoms with E-state index in [0.717, 1.165) is 64.7 Å². The Balaban J connectivity index is 1.56. The summed E-state index contributed by atoms with van der Waals surface area (Å²) in [5.74, 6) is 1.12. The third kappa shape index (κ3) is 3.48. The maximum atomic E-state index is 11.9. The first-order valence-corrected chi connectivity index (χ1v) is 11.1. The Bertz CT molecular complexity index is 1430. The molecule has 0 bridgehead atoms. The van der Waals surface area contributed by atoms with Gasteiger partial charge in [-0.3, -0.25) is 9.78 Å². The van der Waals surface area contributed by atoms with E-state index in [1.54, 1.807) is 0 Å². The van der Waals surface area contributed by atoms with Crippen LogP contribution in [0.15, 0.2) is 72.8 Å². The van der Waals surface area contributed by atoms with Crippen molar-refractivity contribution in [2.45, 2.75) is 33.2 Å². The smallest absolute Gasteiger partial charge is 0.152 e. The highest BCUT2D eigenvalue weighted by molar-refractivity contribution is 6.03. The Labute approximate surface area is 187 Å². The lowest BCUT2D eigenvalue weighted by Crippen LogP contribution is -2.05. The molecule has 3 aromatic carbocycles. The van der Waals surface area contributed by atoms with Crippen LogP contribution in [0.5, 0.6) is 0 Å². The summed E-state index contributed by atoms with van der Waals surface area (Å²) in [6.45, 7) is 4.85. The molecule has 4 nitrogen and oxygen atoms in total. The van der Waals surface area contributed by atoms with Gasteiger partial charge in [-0.2, -0.15) is 0 Å². The number of aryl methyl sites for hydroxylation is 2. The van der Waals surface area contributed by atoms with E-state index in [4.69, 9.17) is 4.98 Å². The van der Waals surface area contributed by atoms with E-state index < -0.39 is 0 Å². The molecule has 0 aliphatic carbocycles. The van der Waals surface area contributed by atoms with Crippen LogP contribution in [-0.2, 0) is 13.0 Å². The molecule has 0 saturated carbocycles. The first-order valence-electron chi connectivity index (χ1n) is 11.1. The zero-order chi connectivity index (χ0) is 22.1. The van der Waals surface area contributed by atoms with Gasteiger partial charge in [0, 0.05) is 35.2 Å². The van der Waals surface area contributed by atoms with Gasteiger partial charge in [0.05, 0.1) is 16.6 Å². The zero-order valence-corrected chi connectivity index (χ0v) is 18.4. The minimum Gasteiger partial charge on any atom is -0.323 e. The molecule has 0 unspecified atom stereocenters. The van der Waals surface area contributed by atoms with Gasteiger partial charge < -0.3 is 4.57 Å². The third-order valence-electron chi connectivity index (χ3n) is 6.03. The minimum absolute atomic E-state index is 0.655. The Hall–Kier alpha value is -3.79. The van der Waals surface area contributed by atoms with E-state index >= 15 is 0 Å². The summed E-state index contributed by atoms with van der Waals surface area (Å²) in [4.78, 5) is 21.4. The Morgan fingerprint density at radius 2 is 1.59 bits per heavy atom. The molecule has 2 aromatic heterocycles. The number of hydrogen-bond acceptors (Lipinski definition) is 3. The second-order valence-electron chi connectivity index (χ2n) is 8.17. The molecule has 5 rings (SSSR count). The van der Waals surface area contributed by atoms with E-state index in [1.807, 2.05) is 37.3 Å². The molecule has 5 aromatic rings. The maximum Gasteiger partial charge on any atom is 0.152 e. The van der Waals surface area contributed by atoms with E-state index in [1.165, 1.54) is 11.1 Å². The van der Waals surface area contributed by atoms with Crippen molar-refractivity contribution in [3.8, 4) is 11.1 Å². The molecular weight excluding hydrogens is 394 g/mol. The number of rotatable bonds is 6. The first kappa shape index (κ1) is 20.1. The molecule has 0 radical (unpaired) electrons. The van der Waals surface area contributed by atoms with Crippen LogP contribution in [0.3, 0.4) is 0 Å². The van der Waals surface area contributed by atoms with Crippen LogP contribution in [0.25, 0.3) is 33.1 Å². The first-order chi connectivity index (χ1) is 15.7. The van der Waals surface area contributed by atoms with Crippen LogP contribution >= 0.6 is 0 Å². The van der Waals surface area contributed by atoms with Gasteiger partial charge >= 0.3 is 0 Å². The summed E-state index contributed by atoms with van der Waals surface area (Å²) < 4.78 is 2.32. The molecule has 0 saturated heterocycles. The molecule has 0 amide bonds. The van der Waals surface area contributed by atoms with Crippen molar-refractivity contribution in [1.29, 1.82) is 0 Å². The molecule has 2 heterocycles. The van der Waals surface area contributed by atoms with Crippen LogP contribution in [0.4, 0.5) is 0 Å². The number of aldehydes is 1. The number of pyridine rings is 1. The highest BCUT2D eigenvalue weighted by Crippen LogP contribution is 2.32. The van der Waals surface area contributed by atoms with E-state index in [9.17, 15) is 4.79 Å². The number of nitrogens with zero attached hydrogens (tertiary/aromatic N) is 3. The molecular formula is C28H25N3O. The molecule has 4 heteroatoms. The normalized spacial score (nSPS) is 11.3. The molecule has 0 atom stereocenters. The molecule has 0 aliphatic rings. The van der Waals surface area contributed by atoms with Crippen molar-refractivity contribution in [2.24, 2.45) is 0 Å². The molecule has 0 N–H and O–H groups in total. The molecule has 0 spiro atoms. The number of hydrogen-bond donors (Lipinski definition) is 0. The van der Waals surface area contributed by atoms with Crippen LogP contribution in [0.1, 0.15) is 40.8 Å². The summed E-state index contributed by atoms with van der Waals surface area (Å²) in [6, 6.07) is 24.8. The fraction of sp³-hybridized carbons (Fsp3) is 0.179. The lowest BCUT2D eigenvalue weighted by atomic mass is 9.94. The summed E-state index contributed by atoms with van der Waals surface area (Å²) in [5, 5.41) is 0.999. The van der Waals surface area contributed by atoms with Crippen LogP contribution in [0, 0.1) is 6.92 Å². The third-order valence-corrected chi connectivity index (χ3v) is 6.03. The summed E-state index contributed by atoms with van der Waals surface area (Å²) in [7, 11) is 0. The van der Waals surface area contributed by atoms with Crippen LogP contribution in [0.2, 0.25) is 0 Å². The predicted octanol–water partition coefficient (Wildman–Crippen LogP) is 6.37. The summed E-state index contributed by atoms with van der Waals surface area (Å²) in [5.41, 5.74) is 7.71. The fourth-order valence-corrected chi connectivity index (χ4v) is 4.48. The van der Waals surface area contributed by atoms with Crippen molar-refractivity contribution >= 4 is 28.2 Å². The summed E-state index contributed by atoms with van der Waals surface area (Å²) in [6.07, 6.45) is 2.94. The number of para-hydroxylation sites is 3. The monoisotopic (exact) mass is 419 g/mol. The number of imidazole rings is 1. The topological polar surface area (TPSA) is 47.8 Å². The summed E-state index contributed by atoms with van der Waals surface area (Å²) >= 11 is 0. The molecule has 0 fully saturated rings. The number of benzene rings is 3. The SMILES string of the molecule is CCCc1nc2ccccc2n1Cc1ccc(-c2c(C=O)c(C)nc3ccccc23)cc1. The number of aromatic nitrogens is 3. The van der Waals surface area contributed by atoms with Crippen molar-refractivity contribution in [1.82, 2.24) is 14.5 Å². The van der Waals surface area contributed by atoms with E-state index in [-0.39, 0.29) is 0 Å². The van der Waals surface area contributed by atoms with Gasteiger partial charge in [-0.05, 0) is 42.7 Å². The van der Waals surface area contributed by atoms with E-state index in [2.05, 4.69) is 58.9 Å². The highest BCUT2D eigenvalue weighted by Gasteiger charge is 2.15. The van der Waals surface area contributed by atoms with Crippen molar-refractivity contribution in [3.63, 3.8) is 0 Å². The van der Waals surface area contributed by atoms with Gasteiger partial charge in [0.1, 0.15) is 5.82 Å². The van der Waals surface area contributed by atoms with Crippen molar-refractivity contribution in [2.75, 3.05) is 0 Å². The predicted molar refractivity (Wildman–Crippen MR) is 130 cm³/mol. The highest BCUT2D eigenvalue weighted by atomic mass is 16.1. The Morgan fingerprint density at radius 3 is 2.34 bits per heavy atom. The Morgan fingerprint density at radius 1 is 0.875 bits per heavy atom. The van der Waals surface area contributed by atoms with Gasteiger partial charge in [0.25, 0.3) is 0 Å². The minimum atomic E-state index is 0.655. The average Bonchev–Trinajstić information content (AvgIpc) is 3.16. The van der Waals surface area contributed by atoms with Crippen molar-refractivity contribution < 1.29 is 4.79 Å². The van der Waals surface area contributed by atoms with Crippen LogP contribution < -0.4 is 0 Å². The maximum absolute atomic E-state index is 11.9. The van der Waals surface area contributed by atoms with Gasteiger partial charge in [-0.25, -0.2) is 4.98 Å². The lowest BCUT2D eigenvalue weighted by molar-refractivity contribution is 0.112. The number of carbonyl (C=O) groups excluding carboxylic acids is 1. The number of carbonyl (C=O) groups is 1.